The van der Waals surface area contributed by atoms with Crippen molar-refractivity contribution in [2.45, 2.75) is 13.0 Å². The summed E-state index contributed by atoms with van der Waals surface area (Å²) < 4.78 is 15.4. The molecule has 1 atom stereocenters. The Morgan fingerprint density at radius 1 is 1.36 bits per heavy atom. The van der Waals surface area contributed by atoms with Crippen LogP contribution in [0.3, 0.4) is 0 Å². The fourth-order valence-corrected chi connectivity index (χ4v) is 2.65. The smallest absolute Gasteiger partial charge is 0.284 e. The highest BCUT2D eigenvalue weighted by atomic mass is 35.5. The van der Waals surface area contributed by atoms with Crippen molar-refractivity contribution in [3.05, 3.63) is 75.5 Å². The molecular weight excluding hydrogens is 387 g/mol. The summed E-state index contributed by atoms with van der Waals surface area (Å²) >= 11 is 5.80. The van der Waals surface area contributed by atoms with Gasteiger partial charge in [-0.25, -0.2) is 4.39 Å². The zero-order valence-corrected chi connectivity index (χ0v) is 15.5. The van der Waals surface area contributed by atoms with Gasteiger partial charge in [-0.1, -0.05) is 11.6 Å². The molecule has 0 saturated carbocycles. The number of halogens is 2. The number of hydrogen-bond acceptors (Lipinski definition) is 5. The molecule has 3 rings (SSSR count). The molecule has 2 heterocycles. The van der Waals surface area contributed by atoms with Crippen molar-refractivity contribution >= 4 is 17.5 Å². The molecule has 0 aliphatic rings. The summed E-state index contributed by atoms with van der Waals surface area (Å²) in [5.41, 5.74) is -0.490. The summed E-state index contributed by atoms with van der Waals surface area (Å²) in [6.45, 7) is 1.28. The van der Waals surface area contributed by atoms with Crippen LogP contribution in [0, 0.1) is 5.82 Å². The number of nitrogens with one attached hydrogen (secondary N) is 1. The summed E-state index contributed by atoms with van der Waals surface area (Å²) in [5.74, 6) is -1.35. The molecule has 0 radical (unpaired) electrons. The first-order valence-corrected chi connectivity index (χ1v) is 8.70. The Morgan fingerprint density at radius 2 is 2.14 bits per heavy atom. The third-order valence-electron chi connectivity index (χ3n) is 3.91. The largest absolute Gasteiger partial charge is 0.394 e. The number of nitrogens with zero attached hydrogens (tertiary/aromatic N) is 3. The number of aliphatic hydroxyl groups is 1. The van der Waals surface area contributed by atoms with Gasteiger partial charge in [-0.2, -0.15) is 9.78 Å². The molecule has 0 fully saturated rings. The summed E-state index contributed by atoms with van der Waals surface area (Å²) in [6, 6.07) is 7.84. The third kappa shape index (κ3) is 4.08. The molecule has 0 spiro atoms. The van der Waals surface area contributed by atoms with Gasteiger partial charge in [-0.15, -0.1) is 0 Å². The van der Waals surface area contributed by atoms with Gasteiger partial charge in [0.2, 0.25) is 0 Å². The number of carbonyl (C=O) groups is 1. The van der Waals surface area contributed by atoms with Crippen LogP contribution in [0.5, 0.6) is 0 Å². The Morgan fingerprint density at radius 3 is 2.79 bits per heavy atom. The average Bonchev–Trinajstić information content (AvgIpc) is 2.69. The minimum atomic E-state index is -0.706. The predicted molar refractivity (Wildman–Crippen MR) is 102 cm³/mol. The van der Waals surface area contributed by atoms with Crippen LogP contribution in [-0.2, 0) is 0 Å². The molecule has 0 aliphatic heterocycles. The minimum Gasteiger partial charge on any atom is -0.394 e. The lowest BCUT2D eigenvalue weighted by atomic mass is 10.1. The highest BCUT2D eigenvalue weighted by molar-refractivity contribution is 6.30. The van der Waals surface area contributed by atoms with E-state index in [9.17, 15) is 14.0 Å². The molecule has 0 saturated heterocycles. The lowest BCUT2D eigenvalue weighted by Gasteiger charge is -2.13. The first-order valence-electron chi connectivity index (χ1n) is 8.32. The molecule has 0 bridgehead atoms. The number of benzene rings is 1. The van der Waals surface area contributed by atoms with E-state index in [0.29, 0.717) is 5.69 Å². The van der Waals surface area contributed by atoms with E-state index in [4.69, 9.17) is 16.7 Å². The number of aromatic nitrogens is 3. The van der Waals surface area contributed by atoms with Crippen LogP contribution in [0.1, 0.15) is 17.3 Å². The lowest BCUT2D eigenvalue weighted by molar-refractivity contribution is 0.0920. The molecule has 0 aliphatic carbocycles. The lowest BCUT2D eigenvalue weighted by Crippen LogP contribution is -2.39. The van der Waals surface area contributed by atoms with E-state index < -0.39 is 23.3 Å². The Labute approximate surface area is 164 Å². The van der Waals surface area contributed by atoms with Gasteiger partial charge in [0.1, 0.15) is 11.4 Å². The average molecular weight is 403 g/mol. The van der Waals surface area contributed by atoms with Crippen LogP contribution in [0.25, 0.3) is 16.9 Å². The van der Waals surface area contributed by atoms with E-state index in [-0.39, 0.29) is 28.5 Å². The molecule has 9 heteroatoms. The molecule has 3 aromatic rings. The second-order valence-corrected chi connectivity index (χ2v) is 6.49. The van der Waals surface area contributed by atoms with Crippen LogP contribution in [0.2, 0.25) is 5.02 Å². The van der Waals surface area contributed by atoms with Gasteiger partial charge >= 0.3 is 0 Å². The van der Waals surface area contributed by atoms with Crippen molar-refractivity contribution in [1.29, 1.82) is 0 Å². The molecule has 1 amide bonds. The molecule has 7 nitrogen and oxygen atoms in total. The van der Waals surface area contributed by atoms with E-state index in [0.717, 1.165) is 10.7 Å². The SMILES string of the molecule is C[C@@H](CO)NC(=O)c1cc(-c2ccc(Cl)cc2F)nn(-c2cccnc2)c1=O. The third-order valence-corrected chi connectivity index (χ3v) is 4.14. The number of amides is 1. The maximum absolute atomic E-state index is 14.4. The van der Waals surface area contributed by atoms with Gasteiger partial charge in [0.05, 0.1) is 24.2 Å². The standard InChI is InChI=1S/C19H16ClFN4O3/c1-11(10-26)23-18(27)15-8-17(14-5-4-12(20)7-16(14)21)24-25(19(15)28)13-3-2-6-22-9-13/h2-9,11,26H,10H2,1H3,(H,23,27)/t11-/m0/s1. The first kappa shape index (κ1) is 19.7. The summed E-state index contributed by atoms with van der Waals surface area (Å²) in [7, 11) is 0. The molecule has 2 N–H and O–H groups in total. The van der Waals surface area contributed by atoms with Gasteiger partial charge in [0, 0.05) is 22.8 Å². The van der Waals surface area contributed by atoms with E-state index in [1.54, 1.807) is 19.1 Å². The van der Waals surface area contributed by atoms with Crippen molar-refractivity contribution in [3.8, 4) is 16.9 Å². The van der Waals surface area contributed by atoms with Gasteiger partial charge in [-0.05, 0) is 43.3 Å². The normalized spacial score (nSPS) is 11.9. The second kappa shape index (κ2) is 8.28. The van der Waals surface area contributed by atoms with Crippen molar-refractivity contribution < 1.29 is 14.3 Å². The number of hydrogen-bond donors (Lipinski definition) is 2. The predicted octanol–water partition coefficient (Wildman–Crippen LogP) is 2.20. The highest BCUT2D eigenvalue weighted by Crippen LogP contribution is 2.24. The number of aliphatic hydroxyl groups excluding tert-OH is 1. The summed E-state index contributed by atoms with van der Waals surface area (Å²) in [4.78, 5) is 29.3. The van der Waals surface area contributed by atoms with E-state index in [2.05, 4.69) is 15.4 Å². The first-order chi connectivity index (χ1) is 13.4. The fourth-order valence-electron chi connectivity index (χ4n) is 2.49. The Hall–Kier alpha value is -3.10. The van der Waals surface area contributed by atoms with Crippen molar-refractivity contribution in [2.75, 3.05) is 6.61 Å². The van der Waals surface area contributed by atoms with Crippen LogP contribution in [-0.4, -0.2) is 38.4 Å². The number of carbonyl (C=O) groups excluding carboxylic acids is 1. The van der Waals surface area contributed by atoms with Crippen LogP contribution in [0.4, 0.5) is 4.39 Å². The summed E-state index contributed by atoms with van der Waals surface area (Å²) in [5, 5.41) is 16.1. The zero-order valence-electron chi connectivity index (χ0n) is 14.8. The topological polar surface area (TPSA) is 97.1 Å². The fraction of sp³-hybridized carbons (Fsp3) is 0.158. The number of pyridine rings is 1. The molecule has 144 valence electrons. The zero-order chi connectivity index (χ0) is 20.3. The Balaban J connectivity index is 2.22. The molecule has 28 heavy (non-hydrogen) atoms. The quantitative estimate of drug-likeness (QED) is 0.682. The van der Waals surface area contributed by atoms with Gasteiger partial charge < -0.3 is 10.4 Å². The van der Waals surface area contributed by atoms with Gasteiger partial charge in [0.15, 0.2) is 0 Å². The van der Waals surface area contributed by atoms with E-state index in [1.165, 1.54) is 30.6 Å². The molecule has 1 aromatic carbocycles. The van der Waals surface area contributed by atoms with E-state index >= 15 is 0 Å². The van der Waals surface area contributed by atoms with Crippen molar-refractivity contribution in [2.24, 2.45) is 0 Å². The summed E-state index contributed by atoms with van der Waals surface area (Å²) in [6.07, 6.45) is 2.92. The monoisotopic (exact) mass is 402 g/mol. The Kier molecular flexibility index (Phi) is 5.81. The van der Waals surface area contributed by atoms with Crippen LogP contribution in [0.15, 0.2) is 53.6 Å². The molecule has 0 unspecified atom stereocenters. The van der Waals surface area contributed by atoms with Crippen molar-refractivity contribution in [1.82, 2.24) is 20.1 Å². The second-order valence-electron chi connectivity index (χ2n) is 6.05. The Bertz CT molecular complexity index is 1070. The maximum atomic E-state index is 14.4. The van der Waals surface area contributed by atoms with Crippen molar-refractivity contribution in [3.63, 3.8) is 0 Å². The maximum Gasteiger partial charge on any atom is 0.284 e. The highest BCUT2D eigenvalue weighted by Gasteiger charge is 2.20. The van der Waals surface area contributed by atoms with Crippen LogP contribution >= 0.6 is 11.6 Å². The number of rotatable bonds is 5. The van der Waals surface area contributed by atoms with Gasteiger partial charge in [-0.3, -0.25) is 14.6 Å². The van der Waals surface area contributed by atoms with E-state index in [1.807, 2.05) is 0 Å². The minimum absolute atomic E-state index is 0.0689. The van der Waals surface area contributed by atoms with Crippen LogP contribution < -0.4 is 10.9 Å². The molecular formula is C19H16ClFN4O3. The molecule has 2 aromatic heterocycles. The van der Waals surface area contributed by atoms with Gasteiger partial charge in [0.25, 0.3) is 11.5 Å².